The van der Waals surface area contributed by atoms with E-state index in [9.17, 15) is 14.0 Å². The Morgan fingerprint density at radius 1 is 1.23 bits per heavy atom. The van der Waals surface area contributed by atoms with Crippen LogP contribution < -0.4 is 16.4 Å². The molecule has 22 heavy (non-hydrogen) atoms. The molecule has 1 aliphatic rings. The number of hydrogen-bond donors (Lipinski definition) is 3. The summed E-state index contributed by atoms with van der Waals surface area (Å²) in [6.07, 6.45) is 3.39. The van der Waals surface area contributed by atoms with E-state index in [2.05, 4.69) is 10.6 Å². The van der Waals surface area contributed by atoms with Gasteiger partial charge in [-0.1, -0.05) is 6.42 Å². The van der Waals surface area contributed by atoms with Crippen molar-refractivity contribution in [3.63, 3.8) is 0 Å². The van der Waals surface area contributed by atoms with Gasteiger partial charge in [-0.05, 0) is 43.5 Å². The van der Waals surface area contributed by atoms with Crippen molar-refractivity contribution < 1.29 is 14.0 Å². The summed E-state index contributed by atoms with van der Waals surface area (Å²) in [7, 11) is 0. The zero-order valence-corrected chi connectivity index (χ0v) is 13.0. The summed E-state index contributed by atoms with van der Waals surface area (Å²) in [6.45, 7) is -0.0953. The highest BCUT2D eigenvalue weighted by atomic mass is 35.5. The van der Waals surface area contributed by atoms with Crippen molar-refractivity contribution in [1.82, 2.24) is 5.32 Å². The van der Waals surface area contributed by atoms with Crippen LogP contribution in [-0.2, 0) is 9.59 Å². The first kappa shape index (κ1) is 18.4. The van der Waals surface area contributed by atoms with E-state index in [4.69, 9.17) is 5.73 Å². The van der Waals surface area contributed by atoms with Crippen molar-refractivity contribution in [3.05, 3.63) is 30.1 Å². The van der Waals surface area contributed by atoms with E-state index in [1.165, 1.54) is 24.3 Å². The number of carbonyl (C=O) groups is 2. The molecule has 1 fully saturated rings. The number of halogens is 2. The molecule has 0 spiro atoms. The van der Waals surface area contributed by atoms with Gasteiger partial charge in [-0.25, -0.2) is 4.39 Å². The van der Waals surface area contributed by atoms with Gasteiger partial charge in [-0.2, -0.15) is 0 Å². The Labute approximate surface area is 135 Å². The second-order valence-electron chi connectivity index (χ2n) is 5.40. The van der Waals surface area contributed by atoms with E-state index in [0.29, 0.717) is 12.1 Å². The third kappa shape index (κ3) is 5.61. The van der Waals surface area contributed by atoms with Crippen molar-refractivity contribution in [3.8, 4) is 0 Å². The molecule has 0 heterocycles. The number of carbonyl (C=O) groups excluding carboxylic acids is 2. The normalized spacial score (nSPS) is 20.6. The average Bonchev–Trinajstić information content (AvgIpc) is 2.47. The van der Waals surface area contributed by atoms with Gasteiger partial charge in [-0.3, -0.25) is 9.59 Å². The van der Waals surface area contributed by atoms with Gasteiger partial charge >= 0.3 is 0 Å². The number of anilines is 1. The Hall–Kier alpha value is -1.66. The predicted molar refractivity (Wildman–Crippen MR) is 85.2 cm³/mol. The van der Waals surface area contributed by atoms with Crippen LogP contribution in [0.15, 0.2) is 24.3 Å². The smallest absolute Gasteiger partial charge is 0.243 e. The SMILES string of the molecule is Cl.NC1CCCC(C(=O)NCC(=O)Nc2ccc(F)cc2)C1. The lowest BCUT2D eigenvalue weighted by Crippen LogP contribution is -2.40. The minimum atomic E-state index is -0.366. The molecule has 2 rings (SSSR count). The predicted octanol–water partition coefficient (Wildman–Crippen LogP) is 1.82. The molecule has 2 atom stereocenters. The van der Waals surface area contributed by atoms with Crippen LogP contribution in [0.2, 0.25) is 0 Å². The summed E-state index contributed by atoms with van der Waals surface area (Å²) < 4.78 is 12.7. The van der Waals surface area contributed by atoms with E-state index < -0.39 is 0 Å². The first-order chi connectivity index (χ1) is 10.0. The average molecular weight is 330 g/mol. The van der Waals surface area contributed by atoms with Gasteiger partial charge < -0.3 is 16.4 Å². The quantitative estimate of drug-likeness (QED) is 0.787. The fraction of sp³-hybridized carbons (Fsp3) is 0.467. The minimum Gasteiger partial charge on any atom is -0.347 e. The molecule has 0 saturated heterocycles. The lowest BCUT2D eigenvalue weighted by atomic mass is 9.85. The Balaban J connectivity index is 0.00000242. The van der Waals surface area contributed by atoms with E-state index in [0.717, 1.165) is 19.3 Å². The van der Waals surface area contributed by atoms with Gasteiger partial charge in [0.15, 0.2) is 0 Å². The zero-order chi connectivity index (χ0) is 15.2. The van der Waals surface area contributed by atoms with Crippen LogP contribution in [0.1, 0.15) is 25.7 Å². The van der Waals surface area contributed by atoms with Crippen LogP contribution in [0, 0.1) is 11.7 Å². The molecule has 5 nitrogen and oxygen atoms in total. The summed E-state index contributed by atoms with van der Waals surface area (Å²) in [6, 6.07) is 5.53. The van der Waals surface area contributed by atoms with E-state index in [-0.39, 0.29) is 48.5 Å². The molecule has 0 radical (unpaired) electrons. The fourth-order valence-electron chi connectivity index (χ4n) is 2.52. The number of nitrogens with one attached hydrogen (secondary N) is 2. The molecule has 0 aliphatic heterocycles. The lowest BCUT2D eigenvalue weighted by Gasteiger charge is -2.25. The van der Waals surface area contributed by atoms with Crippen LogP contribution in [0.25, 0.3) is 0 Å². The first-order valence-electron chi connectivity index (χ1n) is 7.13. The molecular weight excluding hydrogens is 309 g/mol. The van der Waals surface area contributed by atoms with Gasteiger partial charge in [-0.15, -0.1) is 12.4 Å². The zero-order valence-electron chi connectivity index (χ0n) is 12.2. The molecule has 2 amide bonds. The number of benzene rings is 1. The van der Waals surface area contributed by atoms with E-state index in [1.54, 1.807) is 0 Å². The molecule has 4 N–H and O–H groups in total. The highest BCUT2D eigenvalue weighted by Gasteiger charge is 2.25. The number of rotatable bonds is 4. The Bertz CT molecular complexity index is 510. The van der Waals surface area contributed by atoms with Crippen molar-refractivity contribution in [1.29, 1.82) is 0 Å². The van der Waals surface area contributed by atoms with E-state index >= 15 is 0 Å². The largest absolute Gasteiger partial charge is 0.347 e. The van der Waals surface area contributed by atoms with Crippen LogP contribution in [-0.4, -0.2) is 24.4 Å². The summed E-state index contributed by atoms with van der Waals surface area (Å²) in [5.41, 5.74) is 6.34. The van der Waals surface area contributed by atoms with Gasteiger partial charge in [0, 0.05) is 17.6 Å². The fourth-order valence-corrected chi connectivity index (χ4v) is 2.52. The molecule has 122 valence electrons. The number of hydrogen-bond acceptors (Lipinski definition) is 3. The number of nitrogens with two attached hydrogens (primary N) is 1. The summed E-state index contributed by atoms with van der Waals surface area (Å²) >= 11 is 0. The van der Waals surface area contributed by atoms with Crippen LogP contribution >= 0.6 is 12.4 Å². The summed E-state index contributed by atoms with van der Waals surface area (Å²) in [5.74, 6) is -0.934. The highest BCUT2D eigenvalue weighted by molar-refractivity contribution is 5.94. The van der Waals surface area contributed by atoms with Crippen LogP contribution in [0.3, 0.4) is 0 Å². The molecule has 1 saturated carbocycles. The summed E-state index contributed by atoms with van der Waals surface area (Å²) in [5, 5.41) is 5.21. The molecule has 1 aliphatic carbocycles. The van der Waals surface area contributed by atoms with Gasteiger partial charge in [0.25, 0.3) is 0 Å². The van der Waals surface area contributed by atoms with E-state index in [1.807, 2.05) is 0 Å². The van der Waals surface area contributed by atoms with Crippen molar-refractivity contribution in [2.24, 2.45) is 11.7 Å². The molecule has 1 aromatic carbocycles. The summed E-state index contributed by atoms with van der Waals surface area (Å²) in [4.78, 5) is 23.7. The Morgan fingerprint density at radius 2 is 1.91 bits per heavy atom. The lowest BCUT2D eigenvalue weighted by molar-refractivity contribution is -0.128. The third-order valence-electron chi connectivity index (χ3n) is 3.64. The molecule has 0 aromatic heterocycles. The van der Waals surface area contributed by atoms with Gasteiger partial charge in [0.2, 0.25) is 11.8 Å². The maximum Gasteiger partial charge on any atom is 0.243 e. The first-order valence-corrected chi connectivity index (χ1v) is 7.13. The minimum absolute atomic E-state index is 0. The second kappa shape index (κ2) is 8.70. The molecular formula is C15H21ClFN3O2. The highest BCUT2D eigenvalue weighted by Crippen LogP contribution is 2.22. The standard InChI is InChI=1S/C15H20FN3O2.ClH/c16-11-4-6-13(7-5-11)19-14(20)9-18-15(21)10-2-1-3-12(17)8-10;/h4-7,10,12H,1-3,8-9,17H2,(H,18,21)(H,19,20);1H. The molecule has 1 aromatic rings. The molecule has 7 heteroatoms. The molecule has 2 unspecified atom stereocenters. The monoisotopic (exact) mass is 329 g/mol. The Kier molecular flexibility index (Phi) is 7.27. The third-order valence-corrected chi connectivity index (χ3v) is 3.64. The Morgan fingerprint density at radius 3 is 2.55 bits per heavy atom. The molecule has 0 bridgehead atoms. The second-order valence-corrected chi connectivity index (χ2v) is 5.40. The van der Waals surface area contributed by atoms with Crippen LogP contribution in [0.4, 0.5) is 10.1 Å². The maximum atomic E-state index is 12.7. The van der Waals surface area contributed by atoms with Crippen molar-refractivity contribution >= 4 is 29.9 Å². The van der Waals surface area contributed by atoms with Crippen LogP contribution in [0.5, 0.6) is 0 Å². The van der Waals surface area contributed by atoms with Crippen molar-refractivity contribution in [2.75, 3.05) is 11.9 Å². The number of amides is 2. The van der Waals surface area contributed by atoms with Crippen molar-refractivity contribution in [2.45, 2.75) is 31.7 Å². The maximum absolute atomic E-state index is 12.7. The van der Waals surface area contributed by atoms with Gasteiger partial charge in [0.05, 0.1) is 6.54 Å². The topological polar surface area (TPSA) is 84.2 Å². The van der Waals surface area contributed by atoms with Gasteiger partial charge in [0.1, 0.15) is 5.82 Å².